The van der Waals surface area contributed by atoms with E-state index >= 15 is 0 Å². The summed E-state index contributed by atoms with van der Waals surface area (Å²) >= 11 is 0. The number of halogens is 1. The fourth-order valence-electron chi connectivity index (χ4n) is 1.91. The van der Waals surface area contributed by atoms with E-state index in [-0.39, 0.29) is 6.54 Å². The third-order valence-electron chi connectivity index (χ3n) is 3.05. The Kier molecular flexibility index (Phi) is 5.35. The number of pyridine rings is 1. The van der Waals surface area contributed by atoms with Crippen molar-refractivity contribution in [3.8, 4) is 5.75 Å². The van der Waals surface area contributed by atoms with Gasteiger partial charge in [0, 0.05) is 31.9 Å². The van der Waals surface area contributed by atoms with E-state index in [0.717, 1.165) is 11.5 Å². The lowest BCUT2D eigenvalue weighted by Crippen LogP contribution is -2.28. The first-order valence-electron chi connectivity index (χ1n) is 7.00. The van der Waals surface area contributed by atoms with Crippen molar-refractivity contribution >= 4 is 17.5 Å². The van der Waals surface area contributed by atoms with E-state index in [1.54, 1.807) is 0 Å². The van der Waals surface area contributed by atoms with Crippen molar-refractivity contribution in [2.75, 3.05) is 31.4 Å². The zero-order valence-corrected chi connectivity index (χ0v) is 13.3. The van der Waals surface area contributed by atoms with Crippen LogP contribution in [0, 0.1) is 5.82 Å². The van der Waals surface area contributed by atoms with Gasteiger partial charge in [0.15, 0.2) is 0 Å². The fraction of sp³-hybridized carbons (Fsp3) is 0.250. The number of methoxy groups -OCH3 is 1. The molecule has 0 fully saturated rings. The van der Waals surface area contributed by atoms with Gasteiger partial charge in [-0.25, -0.2) is 14.2 Å². The van der Waals surface area contributed by atoms with E-state index in [1.807, 2.05) is 37.2 Å². The largest absolute Gasteiger partial charge is 0.497 e. The van der Waals surface area contributed by atoms with Crippen LogP contribution in [0.3, 0.4) is 0 Å². The van der Waals surface area contributed by atoms with Crippen molar-refractivity contribution in [3.63, 3.8) is 0 Å². The highest BCUT2D eigenvalue weighted by molar-refractivity contribution is 5.89. The van der Waals surface area contributed by atoms with E-state index in [2.05, 4.69) is 15.6 Å². The van der Waals surface area contributed by atoms with Gasteiger partial charge < -0.3 is 20.3 Å². The van der Waals surface area contributed by atoms with Crippen molar-refractivity contribution in [1.29, 1.82) is 0 Å². The first kappa shape index (κ1) is 16.5. The highest BCUT2D eigenvalue weighted by Crippen LogP contribution is 2.19. The molecule has 0 aliphatic carbocycles. The van der Waals surface area contributed by atoms with Gasteiger partial charge >= 0.3 is 6.03 Å². The van der Waals surface area contributed by atoms with Crippen molar-refractivity contribution in [3.05, 3.63) is 47.9 Å². The maximum atomic E-state index is 13.4. The quantitative estimate of drug-likeness (QED) is 0.889. The standard InChI is InChI=1S/C16H19FN4O2/c1-21(2)15-6-4-5-12(19-15)10-18-16(22)20-13-7-11(17)8-14(9-13)23-3/h4-9H,10H2,1-3H3,(H2,18,20,22). The van der Waals surface area contributed by atoms with Gasteiger partial charge in [0.25, 0.3) is 0 Å². The monoisotopic (exact) mass is 318 g/mol. The molecule has 122 valence electrons. The molecule has 2 N–H and O–H groups in total. The van der Waals surface area contributed by atoms with Crippen molar-refractivity contribution < 1.29 is 13.9 Å². The van der Waals surface area contributed by atoms with Gasteiger partial charge in [0.2, 0.25) is 0 Å². The van der Waals surface area contributed by atoms with E-state index in [9.17, 15) is 9.18 Å². The first-order valence-corrected chi connectivity index (χ1v) is 7.00. The molecule has 0 aliphatic heterocycles. The van der Waals surface area contributed by atoms with E-state index in [1.165, 1.54) is 25.3 Å². The number of carbonyl (C=O) groups is 1. The molecule has 0 saturated carbocycles. The first-order chi connectivity index (χ1) is 11.0. The molecule has 23 heavy (non-hydrogen) atoms. The number of nitrogens with zero attached hydrogens (tertiary/aromatic N) is 2. The van der Waals surface area contributed by atoms with Crippen LogP contribution in [0.1, 0.15) is 5.69 Å². The second-order valence-corrected chi connectivity index (χ2v) is 5.07. The molecule has 0 atom stereocenters. The minimum absolute atomic E-state index is 0.264. The summed E-state index contributed by atoms with van der Waals surface area (Å²) in [6, 6.07) is 9.10. The van der Waals surface area contributed by atoms with Crippen molar-refractivity contribution in [2.24, 2.45) is 0 Å². The Bertz CT molecular complexity index is 692. The predicted molar refractivity (Wildman–Crippen MR) is 87.4 cm³/mol. The van der Waals surface area contributed by atoms with Crippen LogP contribution in [0.15, 0.2) is 36.4 Å². The lowest BCUT2D eigenvalue weighted by molar-refractivity contribution is 0.251. The highest BCUT2D eigenvalue weighted by Gasteiger charge is 2.06. The summed E-state index contributed by atoms with van der Waals surface area (Å²) in [6.07, 6.45) is 0. The predicted octanol–water partition coefficient (Wildman–Crippen LogP) is 2.62. The summed E-state index contributed by atoms with van der Waals surface area (Å²) in [6.45, 7) is 0.264. The molecular weight excluding hydrogens is 299 g/mol. The average molecular weight is 318 g/mol. The van der Waals surface area contributed by atoms with Gasteiger partial charge in [0.1, 0.15) is 17.4 Å². The Labute approximate surface area is 134 Å². The van der Waals surface area contributed by atoms with E-state index < -0.39 is 11.8 Å². The number of rotatable bonds is 5. The highest BCUT2D eigenvalue weighted by atomic mass is 19.1. The molecule has 0 radical (unpaired) electrons. The van der Waals surface area contributed by atoms with Gasteiger partial charge in [-0.3, -0.25) is 0 Å². The molecule has 0 saturated heterocycles. The fourth-order valence-corrected chi connectivity index (χ4v) is 1.91. The third-order valence-corrected chi connectivity index (χ3v) is 3.05. The Hall–Kier alpha value is -2.83. The summed E-state index contributed by atoms with van der Waals surface area (Å²) in [4.78, 5) is 18.2. The van der Waals surface area contributed by atoms with Gasteiger partial charge in [-0.2, -0.15) is 0 Å². The number of nitrogens with one attached hydrogen (secondary N) is 2. The molecule has 1 aromatic carbocycles. The zero-order valence-electron chi connectivity index (χ0n) is 13.3. The van der Waals surface area contributed by atoms with Crippen LogP contribution in [0.4, 0.5) is 20.7 Å². The Morgan fingerprint density at radius 3 is 2.78 bits per heavy atom. The van der Waals surface area contributed by atoms with Gasteiger partial charge in [-0.05, 0) is 18.2 Å². The molecule has 1 heterocycles. The maximum absolute atomic E-state index is 13.4. The smallest absolute Gasteiger partial charge is 0.319 e. The van der Waals surface area contributed by atoms with Crippen LogP contribution in [-0.2, 0) is 6.54 Å². The third kappa shape index (κ3) is 4.84. The molecule has 2 aromatic rings. The molecule has 6 nitrogen and oxygen atoms in total. The molecule has 0 bridgehead atoms. The molecular formula is C16H19FN4O2. The Morgan fingerprint density at radius 2 is 2.09 bits per heavy atom. The van der Waals surface area contributed by atoms with E-state index in [4.69, 9.17) is 4.74 Å². The minimum atomic E-state index is -0.486. The van der Waals surface area contributed by atoms with Crippen molar-refractivity contribution in [1.82, 2.24) is 10.3 Å². The molecule has 0 aliphatic rings. The molecule has 7 heteroatoms. The lowest BCUT2D eigenvalue weighted by atomic mass is 10.3. The molecule has 1 aromatic heterocycles. The summed E-state index contributed by atoms with van der Waals surface area (Å²) in [7, 11) is 5.22. The van der Waals surface area contributed by atoms with E-state index in [0.29, 0.717) is 11.4 Å². The topological polar surface area (TPSA) is 66.5 Å². The Balaban J connectivity index is 1.95. The number of aromatic nitrogens is 1. The maximum Gasteiger partial charge on any atom is 0.319 e. The lowest BCUT2D eigenvalue weighted by Gasteiger charge is -2.13. The molecule has 0 unspecified atom stereocenters. The number of hydrogen-bond donors (Lipinski definition) is 2. The summed E-state index contributed by atoms with van der Waals surface area (Å²) < 4.78 is 18.3. The summed E-state index contributed by atoms with van der Waals surface area (Å²) in [5.74, 6) is 0.653. The Morgan fingerprint density at radius 1 is 1.30 bits per heavy atom. The van der Waals surface area contributed by atoms with Crippen LogP contribution in [0.5, 0.6) is 5.75 Å². The van der Waals surface area contributed by atoms with Crippen LogP contribution in [-0.4, -0.2) is 32.2 Å². The van der Waals surface area contributed by atoms with Gasteiger partial charge in [-0.1, -0.05) is 6.07 Å². The van der Waals surface area contributed by atoms with Gasteiger partial charge in [0.05, 0.1) is 19.3 Å². The molecule has 2 amide bonds. The second kappa shape index (κ2) is 7.44. The number of urea groups is 1. The van der Waals surface area contributed by atoms with Crippen LogP contribution in [0.2, 0.25) is 0 Å². The van der Waals surface area contributed by atoms with Crippen molar-refractivity contribution in [2.45, 2.75) is 6.54 Å². The average Bonchev–Trinajstić information content (AvgIpc) is 2.52. The minimum Gasteiger partial charge on any atom is -0.497 e. The summed E-state index contributed by atoms with van der Waals surface area (Å²) in [5.41, 5.74) is 1.04. The normalized spacial score (nSPS) is 10.1. The molecule has 0 spiro atoms. The number of anilines is 2. The number of carbonyl (C=O) groups excluding carboxylic acids is 1. The number of benzene rings is 1. The number of ether oxygens (including phenoxy) is 1. The molecule has 2 rings (SSSR count). The SMILES string of the molecule is COc1cc(F)cc(NC(=O)NCc2cccc(N(C)C)n2)c1. The number of hydrogen-bond acceptors (Lipinski definition) is 4. The van der Waals surface area contributed by atoms with Crippen LogP contribution < -0.4 is 20.3 Å². The second-order valence-electron chi connectivity index (χ2n) is 5.07. The van der Waals surface area contributed by atoms with Crippen LogP contribution >= 0.6 is 0 Å². The number of amides is 2. The summed E-state index contributed by atoms with van der Waals surface area (Å²) in [5, 5.41) is 5.23. The zero-order chi connectivity index (χ0) is 16.8. The van der Waals surface area contributed by atoms with Crippen LogP contribution in [0.25, 0.3) is 0 Å². The van der Waals surface area contributed by atoms with Gasteiger partial charge in [-0.15, -0.1) is 0 Å².